The molecule has 0 bridgehead atoms. The third kappa shape index (κ3) is 0.715. The van der Waals surface area contributed by atoms with Gasteiger partial charge >= 0.3 is 0 Å². The van der Waals surface area contributed by atoms with Gasteiger partial charge in [-0.2, -0.15) is 4.37 Å². The Balaban J connectivity index is 2.95. The molecule has 0 saturated carbocycles. The van der Waals surface area contributed by atoms with Crippen molar-refractivity contribution in [3.63, 3.8) is 0 Å². The number of fused-ring (bicyclic) bond motifs is 1. The van der Waals surface area contributed by atoms with Crippen LogP contribution in [-0.4, -0.2) is 4.37 Å². The van der Waals surface area contributed by atoms with E-state index in [0.717, 1.165) is 5.39 Å². The predicted octanol–water partition coefficient (Wildman–Crippen LogP) is 1.90. The van der Waals surface area contributed by atoms with Crippen molar-refractivity contribution < 1.29 is 0 Å². The zero-order valence-electron chi connectivity index (χ0n) is 4.59. The highest BCUT2D eigenvalue weighted by Gasteiger charge is 1.90. The Kier molecular flexibility index (Phi) is 0.993. The molecule has 0 aliphatic carbocycles. The number of hydrogen-bond acceptors (Lipinski definition) is 2. The zero-order chi connectivity index (χ0) is 6.10. The molecule has 1 heterocycles. The van der Waals surface area contributed by atoms with Gasteiger partial charge in [-0.25, -0.2) is 0 Å². The van der Waals surface area contributed by atoms with Gasteiger partial charge in [0.15, 0.2) is 0 Å². The minimum Gasteiger partial charge on any atom is -0.200 e. The summed E-state index contributed by atoms with van der Waals surface area (Å²) in [5.41, 5.74) is 0. The number of benzene rings is 1. The fourth-order valence-corrected chi connectivity index (χ4v) is 1.31. The van der Waals surface area contributed by atoms with Crippen molar-refractivity contribution in [1.82, 2.24) is 4.37 Å². The highest BCUT2D eigenvalue weighted by atomic mass is 32.1. The van der Waals surface area contributed by atoms with E-state index in [0.29, 0.717) is 0 Å². The number of hydrogen-bond donors (Lipinski definition) is 0. The summed E-state index contributed by atoms with van der Waals surface area (Å²) >= 11 is 1.49. The largest absolute Gasteiger partial charge is 0.200 e. The van der Waals surface area contributed by atoms with E-state index in [4.69, 9.17) is 0 Å². The summed E-state index contributed by atoms with van der Waals surface area (Å²) in [4.78, 5) is 0. The molecule has 0 aliphatic heterocycles. The highest BCUT2D eigenvalue weighted by molar-refractivity contribution is 7.13. The minimum absolute atomic E-state index is 1.15. The van der Waals surface area contributed by atoms with E-state index < -0.39 is 0 Å². The fraction of sp³-hybridized carbons (Fsp3) is 0. The zero-order valence-corrected chi connectivity index (χ0v) is 5.40. The second-order valence-corrected chi connectivity index (χ2v) is 2.56. The molecule has 42 valence electrons. The number of nitrogens with zero attached hydrogens (tertiary/aromatic N) is 1. The predicted molar refractivity (Wildman–Crippen MR) is 37.3 cm³/mol. The Labute approximate surface area is 57.1 Å². The second kappa shape index (κ2) is 1.81. The Morgan fingerprint density at radius 1 is 1.33 bits per heavy atom. The van der Waals surface area contributed by atoms with E-state index in [9.17, 15) is 0 Å². The lowest BCUT2D eigenvalue weighted by Crippen LogP contribution is -1.58. The van der Waals surface area contributed by atoms with Crippen LogP contribution in [-0.2, 0) is 0 Å². The summed E-state index contributed by atoms with van der Waals surface area (Å²) in [5.74, 6) is 0. The van der Waals surface area contributed by atoms with E-state index >= 15 is 0 Å². The van der Waals surface area contributed by atoms with Crippen molar-refractivity contribution >= 4 is 21.6 Å². The van der Waals surface area contributed by atoms with Gasteiger partial charge in [0.05, 0.1) is 4.70 Å². The van der Waals surface area contributed by atoms with Crippen LogP contribution in [0.3, 0.4) is 0 Å². The molecular formula is C7H3NS. The summed E-state index contributed by atoms with van der Waals surface area (Å²) < 4.78 is 5.18. The standard InChI is InChI=1S/C7H3NS/c1-2-4-7-6(3-1)5-8-9-7/h3-5H. The van der Waals surface area contributed by atoms with E-state index in [1.165, 1.54) is 16.2 Å². The van der Waals surface area contributed by atoms with Gasteiger partial charge in [0, 0.05) is 11.6 Å². The Hall–Kier alpha value is -0.890. The van der Waals surface area contributed by atoms with Crippen LogP contribution in [0.2, 0.25) is 0 Å². The van der Waals surface area contributed by atoms with Crippen molar-refractivity contribution in [3.05, 3.63) is 30.5 Å². The lowest BCUT2D eigenvalue weighted by atomic mass is 10.3. The molecule has 0 fully saturated rings. The van der Waals surface area contributed by atoms with Gasteiger partial charge in [0.2, 0.25) is 0 Å². The van der Waals surface area contributed by atoms with Crippen LogP contribution >= 0.6 is 11.5 Å². The van der Waals surface area contributed by atoms with Crippen molar-refractivity contribution in [1.29, 1.82) is 0 Å². The maximum Gasteiger partial charge on any atom is 0.0556 e. The van der Waals surface area contributed by atoms with Gasteiger partial charge in [-0.3, -0.25) is 0 Å². The van der Waals surface area contributed by atoms with Crippen LogP contribution in [0.4, 0.5) is 0 Å². The molecule has 0 amide bonds. The van der Waals surface area contributed by atoms with Crippen molar-refractivity contribution in [2.75, 3.05) is 0 Å². The van der Waals surface area contributed by atoms with Crippen molar-refractivity contribution in [2.24, 2.45) is 0 Å². The van der Waals surface area contributed by atoms with Crippen LogP contribution in [0.1, 0.15) is 0 Å². The Bertz CT molecular complexity index is 283. The van der Waals surface area contributed by atoms with Gasteiger partial charge in [-0.1, -0.05) is 0 Å². The third-order valence-corrected chi connectivity index (χ3v) is 1.90. The summed E-state index contributed by atoms with van der Waals surface area (Å²) in [6.07, 6.45) is 1.84. The van der Waals surface area contributed by atoms with E-state index in [1.54, 1.807) is 0 Å². The first kappa shape index (κ1) is 4.94. The van der Waals surface area contributed by atoms with Gasteiger partial charge < -0.3 is 0 Å². The number of rotatable bonds is 0. The molecule has 0 unspecified atom stereocenters. The normalized spacial score (nSPS) is 10.2. The van der Waals surface area contributed by atoms with Gasteiger partial charge in [0.1, 0.15) is 0 Å². The van der Waals surface area contributed by atoms with Crippen LogP contribution in [0, 0.1) is 12.1 Å². The van der Waals surface area contributed by atoms with E-state index in [2.05, 4.69) is 16.5 Å². The second-order valence-electron chi connectivity index (χ2n) is 1.72. The fourth-order valence-electron chi connectivity index (χ4n) is 0.701. The van der Waals surface area contributed by atoms with Crippen LogP contribution in [0.5, 0.6) is 0 Å². The summed E-state index contributed by atoms with van der Waals surface area (Å²) in [7, 11) is 0. The highest BCUT2D eigenvalue weighted by Crippen LogP contribution is 2.15. The quantitative estimate of drug-likeness (QED) is 0.534. The molecule has 2 aromatic rings. The van der Waals surface area contributed by atoms with E-state index in [1.807, 2.05) is 18.3 Å². The average Bonchev–Trinajstić information content (AvgIpc) is 2.33. The lowest BCUT2D eigenvalue weighted by Gasteiger charge is -1.79. The topological polar surface area (TPSA) is 12.9 Å². The molecule has 1 aromatic heterocycles. The third-order valence-electron chi connectivity index (χ3n) is 1.14. The van der Waals surface area contributed by atoms with E-state index in [-0.39, 0.29) is 0 Å². The first-order chi connectivity index (χ1) is 4.47. The summed E-state index contributed by atoms with van der Waals surface area (Å²) in [6, 6.07) is 9.51. The first-order valence-electron chi connectivity index (χ1n) is 2.59. The maximum absolute atomic E-state index is 4.00. The molecule has 2 rings (SSSR count). The molecule has 0 aliphatic rings. The maximum atomic E-state index is 4.00. The van der Waals surface area contributed by atoms with Crippen molar-refractivity contribution in [2.45, 2.75) is 0 Å². The average molecular weight is 133 g/mol. The monoisotopic (exact) mass is 133 g/mol. The summed E-state index contributed by atoms with van der Waals surface area (Å²) in [6.45, 7) is 0. The van der Waals surface area contributed by atoms with Gasteiger partial charge in [-0.15, -0.1) is 0 Å². The lowest BCUT2D eigenvalue weighted by molar-refractivity contribution is 1.60. The Morgan fingerprint density at radius 3 is 3.11 bits per heavy atom. The molecule has 1 nitrogen and oxygen atoms in total. The minimum atomic E-state index is 1.15. The van der Waals surface area contributed by atoms with Crippen LogP contribution < -0.4 is 0 Å². The molecule has 0 N–H and O–H groups in total. The smallest absolute Gasteiger partial charge is 0.0556 e. The molecule has 0 spiro atoms. The molecule has 1 aromatic carbocycles. The first-order valence-corrected chi connectivity index (χ1v) is 3.36. The van der Waals surface area contributed by atoms with Crippen molar-refractivity contribution in [3.8, 4) is 0 Å². The molecule has 2 heteroatoms. The molecule has 0 atom stereocenters. The summed E-state index contributed by atoms with van der Waals surface area (Å²) in [5, 5.41) is 1.15. The Morgan fingerprint density at radius 2 is 2.22 bits per heavy atom. The number of aromatic nitrogens is 1. The molecule has 9 heavy (non-hydrogen) atoms. The van der Waals surface area contributed by atoms with Crippen LogP contribution in [0.15, 0.2) is 18.3 Å². The molecular weight excluding hydrogens is 130 g/mol. The van der Waals surface area contributed by atoms with Crippen LogP contribution in [0.25, 0.3) is 10.1 Å². The van der Waals surface area contributed by atoms with Gasteiger partial charge in [-0.05, 0) is 35.8 Å². The molecule has 2 radical (unpaired) electrons. The van der Waals surface area contributed by atoms with Gasteiger partial charge in [0.25, 0.3) is 0 Å². The SMILES string of the molecule is [c]1[c]cc2sncc2c1. The molecule has 0 saturated heterocycles.